The Labute approximate surface area is 96.9 Å². The highest BCUT2D eigenvalue weighted by atomic mass is 79.9. The summed E-state index contributed by atoms with van der Waals surface area (Å²) in [4.78, 5) is 4.62. The maximum atomic E-state index is 5.05. The van der Waals surface area contributed by atoms with E-state index < -0.39 is 0 Å². The van der Waals surface area contributed by atoms with Crippen molar-refractivity contribution < 1.29 is 4.84 Å². The van der Waals surface area contributed by atoms with E-state index >= 15 is 0 Å². The largest absolute Gasteiger partial charge is 0.349 e. The normalized spacial score (nSPS) is 11.1. The Balaban J connectivity index is 2.54. The molecule has 0 saturated heterocycles. The van der Waals surface area contributed by atoms with E-state index in [9.17, 15) is 0 Å². The van der Waals surface area contributed by atoms with Gasteiger partial charge in [-0.05, 0) is 34.0 Å². The van der Waals surface area contributed by atoms with E-state index in [1.165, 1.54) is 16.5 Å². The van der Waals surface area contributed by atoms with Gasteiger partial charge in [0.25, 0.3) is 0 Å². The third-order valence-electron chi connectivity index (χ3n) is 2.54. The molecule has 0 fully saturated rings. The monoisotopic (exact) mass is 268 g/mol. The quantitative estimate of drug-likeness (QED) is 0.869. The number of halogens is 1. The van der Waals surface area contributed by atoms with Crippen molar-refractivity contribution in [2.24, 2.45) is 12.9 Å². The first kappa shape index (κ1) is 10.7. The van der Waals surface area contributed by atoms with Crippen LogP contribution in [0.1, 0.15) is 5.56 Å². The minimum absolute atomic E-state index is 0.542. The first-order chi connectivity index (χ1) is 7.24. The topological polar surface area (TPSA) is 40.2 Å². The second kappa shape index (κ2) is 4.35. The molecule has 0 bridgehead atoms. The molecule has 0 radical (unpaired) electrons. The zero-order valence-electron chi connectivity index (χ0n) is 8.53. The maximum Gasteiger partial charge on any atom is 0.0719 e. The van der Waals surface area contributed by atoms with Crippen molar-refractivity contribution in [3.63, 3.8) is 0 Å². The van der Waals surface area contributed by atoms with Gasteiger partial charge in [0.2, 0.25) is 0 Å². The van der Waals surface area contributed by atoms with Gasteiger partial charge in [-0.15, -0.1) is 0 Å². The Kier molecular flexibility index (Phi) is 3.09. The number of benzene rings is 1. The van der Waals surface area contributed by atoms with Gasteiger partial charge in [-0.25, -0.2) is 5.90 Å². The third-order valence-corrected chi connectivity index (χ3v) is 3.15. The molecular weight excluding hydrogens is 256 g/mol. The highest BCUT2D eigenvalue weighted by molar-refractivity contribution is 9.10. The van der Waals surface area contributed by atoms with Crippen LogP contribution in [0.25, 0.3) is 10.9 Å². The minimum Gasteiger partial charge on any atom is -0.349 e. The first-order valence-electron chi connectivity index (χ1n) is 4.78. The van der Waals surface area contributed by atoms with Gasteiger partial charge in [-0.3, -0.25) is 0 Å². The van der Waals surface area contributed by atoms with Gasteiger partial charge in [-0.2, -0.15) is 0 Å². The van der Waals surface area contributed by atoms with Gasteiger partial charge < -0.3 is 9.40 Å². The lowest BCUT2D eigenvalue weighted by molar-refractivity contribution is 0.141. The van der Waals surface area contributed by atoms with Crippen molar-refractivity contribution in [2.45, 2.75) is 6.42 Å². The SMILES string of the molecule is Cn1cc(Br)c2c(CCON)cccc21. The zero-order valence-corrected chi connectivity index (χ0v) is 10.1. The van der Waals surface area contributed by atoms with E-state index in [-0.39, 0.29) is 0 Å². The van der Waals surface area contributed by atoms with Crippen molar-refractivity contribution in [1.82, 2.24) is 4.57 Å². The van der Waals surface area contributed by atoms with Crippen LogP contribution in [0, 0.1) is 0 Å². The van der Waals surface area contributed by atoms with E-state index in [0.29, 0.717) is 6.61 Å². The van der Waals surface area contributed by atoms with E-state index in [2.05, 4.69) is 49.7 Å². The summed E-state index contributed by atoms with van der Waals surface area (Å²) in [6.45, 7) is 0.542. The van der Waals surface area contributed by atoms with Gasteiger partial charge in [0.1, 0.15) is 0 Å². The van der Waals surface area contributed by atoms with E-state index in [0.717, 1.165) is 10.9 Å². The van der Waals surface area contributed by atoms with Crippen molar-refractivity contribution in [2.75, 3.05) is 6.61 Å². The number of nitrogens with two attached hydrogens (primary N) is 1. The van der Waals surface area contributed by atoms with Crippen LogP contribution in [-0.2, 0) is 18.3 Å². The number of aromatic nitrogens is 1. The molecule has 2 rings (SSSR count). The van der Waals surface area contributed by atoms with Crippen molar-refractivity contribution >= 4 is 26.8 Å². The Morgan fingerprint density at radius 2 is 2.27 bits per heavy atom. The fraction of sp³-hybridized carbons (Fsp3) is 0.273. The number of rotatable bonds is 3. The van der Waals surface area contributed by atoms with Crippen LogP contribution < -0.4 is 5.90 Å². The zero-order chi connectivity index (χ0) is 10.8. The predicted molar refractivity (Wildman–Crippen MR) is 64.5 cm³/mol. The van der Waals surface area contributed by atoms with Crippen molar-refractivity contribution in [3.05, 3.63) is 34.4 Å². The molecule has 0 atom stereocenters. The molecule has 0 aliphatic heterocycles. The molecule has 0 aliphatic carbocycles. The lowest BCUT2D eigenvalue weighted by Gasteiger charge is -2.03. The lowest BCUT2D eigenvalue weighted by atomic mass is 10.1. The third kappa shape index (κ3) is 1.93. The summed E-state index contributed by atoms with van der Waals surface area (Å²) in [5.74, 6) is 5.05. The van der Waals surface area contributed by atoms with Gasteiger partial charge in [0.15, 0.2) is 0 Å². The molecule has 0 spiro atoms. The molecule has 0 aliphatic rings. The summed E-state index contributed by atoms with van der Waals surface area (Å²) in [6.07, 6.45) is 2.90. The molecule has 0 amide bonds. The van der Waals surface area contributed by atoms with E-state index in [1.807, 2.05) is 7.05 Å². The fourth-order valence-electron chi connectivity index (χ4n) is 1.84. The van der Waals surface area contributed by atoms with Crippen LogP contribution in [0.5, 0.6) is 0 Å². The summed E-state index contributed by atoms with van der Waals surface area (Å²) in [7, 11) is 2.04. The average Bonchev–Trinajstić information content (AvgIpc) is 2.53. The maximum absolute atomic E-state index is 5.05. The molecule has 1 aromatic heterocycles. The molecule has 0 unspecified atom stereocenters. The fourth-order valence-corrected chi connectivity index (χ4v) is 2.60. The molecule has 4 heteroatoms. The Morgan fingerprint density at radius 3 is 3.00 bits per heavy atom. The molecule has 15 heavy (non-hydrogen) atoms. The molecule has 2 N–H and O–H groups in total. The highest BCUT2D eigenvalue weighted by Gasteiger charge is 2.08. The van der Waals surface area contributed by atoms with Crippen LogP contribution >= 0.6 is 15.9 Å². The smallest absolute Gasteiger partial charge is 0.0719 e. The predicted octanol–water partition coefficient (Wildman–Crippen LogP) is 2.37. The molecular formula is C11H13BrN2O. The first-order valence-corrected chi connectivity index (χ1v) is 5.57. The molecule has 0 saturated carbocycles. The summed E-state index contributed by atoms with van der Waals surface area (Å²) in [5, 5.41) is 1.25. The summed E-state index contributed by atoms with van der Waals surface area (Å²) >= 11 is 3.57. The summed E-state index contributed by atoms with van der Waals surface area (Å²) in [5.41, 5.74) is 2.47. The number of hydrogen-bond acceptors (Lipinski definition) is 2. The number of fused-ring (bicyclic) bond motifs is 1. The van der Waals surface area contributed by atoms with E-state index in [1.54, 1.807) is 0 Å². The number of hydrogen-bond donors (Lipinski definition) is 1. The van der Waals surface area contributed by atoms with Crippen LogP contribution in [0.3, 0.4) is 0 Å². The van der Waals surface area contributed by atoms with Gasteiger partial charge in [-0.1, -0.05) is 12.1 Å². The molecule has 80 valence electrons. The second-order valence-corrected chi connectivity index (χ2v) is 4.37. The Hall–Kier alpha value is -0.840. The minimum atomic E-state index is 0.542. The average molecular weight is 269 g/mol. The van der Waals surface area contributed by atoms with Gasteiger partial charge >= 0.3 is 0 Å². The standard InChI is InChI=1S/C11H13BrN2O/c1-14-7-9(12)11-8(5-6-15-13)3-2-4-10(11)14/h2-4,7H,5-6,13H2,1H3. The Bertz CT molecular complexity index is 479. The highest BCUT2D eigenvalue weighted by Crippen LogP contribution is 2.28. The molecule has 2 aromatic rings. The van der Waals surface area contributed by atoms with Crippen LogP contribution in [0.2, 0.25) is 0 Å². The molecule has 1 aromatic carbocycles. The van der Waals surface area contributed by atoms with Crippen LogP contribution in [0.15, 0.2) is 28.9 Å². The van der Waals surface area contributed by atoms with Gasteiger partial charge in [0.05, 0.1) is 6.61 Å². The van der Waals surface area contributed by atoms with Gasteiger partial charge in [0, 0.05) is 28.6 Å². The number of nitrogens with zero attached hydrogens (tertiary/aromatic N) is 1. The van der Waals surface area contributed by atoms with Crippen molar-refractivity contribution in [1.29, 1.82) is 0 Å². The number of aryl methyl sites for hydroxylation is 1. The Morgan fingerprint density at radius 1 is 1.47 bits per heavy atom. The second-order valence-electron chi connectivity index (χ2n) is 3.52. The van der Waals surface area contributed by atoms with Crippen molar-refractivity contribution in [3.8, 4) is 0 Å². The summed E-state index contributed by atoms with van der Waals surface area (Å²) < 4.78 is 3.22. The lowest BCUT2D eigenvalue weighted by Crippen LogP contribution is -2.03. The summed E-state index contributed by atoms with van der Waals surface area (Å²) in [6, 6.07) is 6.26. The molecule has 1 heterocycles. The van der Waals surface area contributed by atoms with E-state index in [4.69, 9.17) is 5.90 Å². The van der Waals surface area contributed by atoms with Crippen LogP contribution in [-0.4, -0.2) is 11.2 Å². The molecule has 3 nitrogen and oxygen atoms in total. The van der Waals surface area contributed by atoms with Crippen LogP contribution in [0.4, 0.5) is 0 Å².